The molecule has 3 saturated heterocycles. The fourth-order valence-electron chi connectivity index (χ4n) is 6.32. The Kier molecular flexibility index (Phi) is 7.38. The predicted octanol–water partition coefficient (Wildman–Crippen LogP) is 2.72. The molecular weight excluding hydrogens is 509 g/mol. The summed E-state index contributed by atoms with van der Waals surface area (Å²) in [5, 5.41) is 8.28. The quantitative estimate of drug-likeness (QED) is 0.545. The molecule has 1 spiro atoms. The van der Waals surface area contributed by atoms with Crippen LogP contribution in [0.1, 0.15) is 43.6 Å². The first-order chi connectivity index (χ1) is 18.4. The Balaban J connectivity index is 1.07. The summed E-state index contributed by atoms with van der Waals surface area (Å²) < 4.78 is 56.3. The van der Waals surface area contributed by atoms with E-state index in [1.54, 1.807) is 18.3 Å². The highest BCUT2D eigenvalue weighted by atomic mass is 32.2. The van der Waals surface area contributed by atoms with E-state index >= 15 is 0 Å². The van der Waals surface area contributed by atoms with E-state index in [1.807, 2.05) is 18.2 Å². The molecule has 0 radical (unpaired) electrons. The van der Waals surface area contributed by atoms with Crippen molar-refractivity contribution in [1.29, 1.82) is 0 Å². The predicted molar refractivity (Wildman–Crippen MR) is 140 cm³/mol. The van der Waals surface area contributed by atoms with E-state index in [4.69, 9.17) is 9.47 Å². The molecule has 2 atom stereocenters. The molecule has 206 valence electrons. The van der Waals surface area contributed by atoms with Crippen LogP contribution in [-0.2, 0) is 19.7 Å². The van der Waals surface area contributed by atoms with Gasteiger partial charge in [-0.05, 0) is 67.9 Å². The normalized spacial score (nSPS) is 29.6. The number of anilines is 1. The van der Waals surface area contributed by atoms with Crippen molar-refractivity contribution in [2.45, 2.75) is 50.2 Å². The molecule has 2 aromatic rings. The molecule has 6 rings (SSSR count). The first-order valence-corrected chi connectivity index (χ1v) is 15.1. The van der Waals surface area contributed by atoms with Crippen molar-refractivity contribution in [3.05, 3.63) is 54.0 Å². The van der Waals surface area contributed by atoms with Crippen molar-refractivity contribution in [2.24, 2.45) is 11.3 Å². The maximum atomic E-state index is 13.7. The third kappa shape index (κ3) is 5.58. The molecule has 1 saturated carbocycles. The highest BCUT2D eigenvalue weighted by Crippen LogP contribution is 2.39. The maximum Gasteiger partial charge on any atom is 0.279 e. The molecule has 4 heterocycles. The van der Waals surface area contributed by atoms with E-state index in [0.717, 1.165) is 37.1 Å². The van der Waals surface area contributed by atoms with Gasteiger partial charge in [-0.3, -0.25) is 0 Å². The number of benzene rings is 1. The minimum Gasteiger partial charge on any atom is -0.380 e. The fourth-order valence-corrected chi connectivity index (χ4v) is 8.05. The molecule has 0 bridgehead atoms. The van der Waals surface area contributed by atoms with Gasteiger partial charge in [-0.2, -0.15) is 22.5 Å². The summed E-state index contributed by atoms with van der Waals surface area (Å²) in [7, 11) is -3.57. The monoisotopic (exact) mass is 545 g/mol. The van der Waals surface area contributed by atoms with E-state index in [1.165, 1.54) is 10.4 Å². The molecular formula is C27H36FN5O4S. The van der Waals surface area contributed by atoms with E-state index in [2.05, 4.69) is 19.8 Å². The van der Waals surface area contributed by atoms with E-state index < -0.39 is 10.2 Å². The Hall–Kier alpha value is -2.18. The molecule has 9 nitrogen and oxygen atoms in total. The van der Waals surface area contributed by atoms with E-state index in [0.29, 0.717) is 58.3 Å². The molecule has 1 aromatic heterocycles. The lowest BCUT2D eigenvalue weighted by Crippen LogP contribution is -2.69. The van der Waals surface area contributed by atoms with Crippen LogP contribution in [0.5, 0.6) is 0 Å². The summed E-state index contributed by atoms with van der Waals surface area (Å²) in [5.74, 6) is 0.939. The number of aromatic nitrogens is 2. The Morgan fingerprint density at radius 2 is 1.92 bits per heavy atom. The first-order valence-electron chi connectivity index (χ1n) is 13.6. The van der Waals surface area contributed by atoms with Crippen molar-refractivity contribution >= 4 is 16.0 Å². The van der Waals surface area contributed by atoms with Gasteiger partial charge in [0, 0.05) is 49.8 Å². The number of ether oxygens (including phenoxy) is 2. The van der Waals surface area contributed by atoms with Crippen molar-refractivity contribution in [1.82, 2.24) is 19.2 Å². The second kappa shape index (κ2) is 10.8. The van der Waals surface area contributed by atoms with E-state index in [9.17, 15) is 12.8 Å². The van der Waals surface area contributed by atoms with Crippen LogP contribution in [-0.4, -0.2) is 81.1 Å². The molecule has 0 unspecified atom stereocenters. The Labute approximate surface area is 223 Å². The van der Waals surface area contributed by atoms with Crippen LogP contribution in [0.4, 0.5) is 10.2 Å². The van der Waals surface area contributed by atoms with Gasteiger partial charge in [0.2, 0.25) is 0 Å². The lowest BCUT2D eigenvalue weighted by molar-refractivity contribution is -0.167. The van der Waals surface area contributed by atoms with Crippen LogP contribution < -0.4 is 9.62 Å². The smallest absolute Gasteiger partial charge is 0.279 e. The molecule has 1 aliphatic carbocycles. The number of hydrogen-bond acceptors (Lipinski definition) is 7. The van der Waals surface area contributed by atoms with E-state index in [-0.39, 0.29) is 29.3 Å². The van der Waals surface area contributed by atoms with Gasteiger partial charge < -0.3 is 14.4 Å². The van der Waals surface area contributed by atoms with Crippen LogP contribution in [0.25, 0.3) is 0 Å². The summed E-state index contributed by atoms with van der Waals surface area (Å²) in [6, 6.07) is 10.5. The maximum absolute atomic E-state index is 13.7. The Bertz CT molecular complexity index is 1200. The molecule has 38 heavy (non-hydrogen) atoms. The van der Waals surface area contributed by atoms with Crippen molar-refractivity contribution in [3.63, 3.8) is 0 Å². The second-order valence-corrected chi connectivity index (χ2v) is 13.1. The zero-order valence-corrected chi connectivity index (χ0v) is 22.4. The van der Waals surface area contributed by atoms with Gasteiger partial charge in [-0.15, -0.1) is 5.10 Å². The molecule has 1 aromatic carbocycles. The number of rotatable bonds is 8. The van der Waals surface area contributed by atoms with Crippen molar-refractivity contribution in [3.8, 4) is 0 Å². The van der Waals surface area contributed by atoms with Crippen molar-refractivity contribution < 1.29 is 22.3 Å². The van der Waals surface area contributed by atoms with Crippen LogP contribution in [0.2, 0.25) is 0 Å². The summed E-state index contributed by atoms with van der Waals surface area (Å²) in [6.07, 6.45) is 6.18. The number of nitrogens with one attached hydrogen (secondary N) is 1. The average Bonchev–Trinajstić information content (AvgIpc) is 2.87. The molecule has 11 heteroatoms. The third-order valence-electron chi connectivity index (χ3n) is 8.64. The third-order valence-corrected chi connectivity index (χ3v) is 10.2. The average molecular weight is 546 g/mol. The van der Waals surface area contributed by atoms with Gasteiger partial charge in [0.15, 0.2) is 5.82 Å². The molecule has 4 fully saturated rings. The zero-order valence-electron chi connectivity index (χ0n) is 21.5. The van der Waals surface area contributed by atoms with Crippen LogP contribution >= 0.6 is 0 Å². The summed E-state index contributed by atoms with van der Waals surface area (Å²) in [4.78, 5) is 2.16. The van der Waals surface area contributed by atoms with Gasteiger partial charge in [0.25, 0.3) is 10.2 Å². The fraction of sp³-hybridized carbons (Fsp3) is 0.630. The molecule has 4 aliphatic rings. The molecule has 0 amide bonds. The summed E-state index contributed by atoms with van der Waals surface area (Å²) >= 11 is 0. The highest BCUT2D eigenvalue weighted by molar-refractivity contribution is 7.87. The lowest BCUT2D eigenvalue weighted by atomic mass is 9.80. The van der Waals surface area contributed by atoms with Crippen molar-refractivity contribution in [2.75, 3.05) is 50.9 Å². The van der Waals surface area contributed by atoms with Gasteiger partial charge in [-0.25, -0.2) is 4.39 Å². The highest BCUT2D eigenvalue weighted by Gasteiger charge is 2.53. The summed E-state index contributed by atoms with van der Waals surface area (Å²) in [6.45, 7) is 4.14. The van der Waals surface area contributed by atoms with Gasteiger partial charge >= 0.3 is 0 Å². The van der Waals surface area contributed by atoms with Crippen LogP contribution in [0, 0.1) is 17.2 Å². The Morgan fingerprint density at radius 3 is 2.61 bits per heavy atom. The second-order valence-electron chi connectivity index (χ2n) is 11.4. The first kappa shape index (κ1) is 26.1. The standard InChI is InChI=1S/C27H36FN5O4S/c28-23-4-1-3-21(13-23)20-6-8-24(9-7-20)37-15-22-14-32(26-5-2-11-29-30-26)12-10-25(22)31-38(34,35)33-16-27(17-33)18-36-19-27/h1-5,11,13,20,22,24-25,31H,6-10,12,14-19H2/t20?,22-,24?,25-/m0/s1. The number of piperidine rings is 1. The van der Waals surface area contributed by atoms with Crippen LogP contribution in [0.15, 0.2) is 42.6 Å². The van der Waals surface area contributed by atoms with Gasteiger partial charge in [0.1, 0.15) is 5.82 Å². The van der Waals surface area contributed by atoms with Gasteiger partial charge in [-0.1, -0.05) is 12.1 Å². The molecule has 1 N–H and O–H groups in total. The number of halogens is 1. The topological polar surface area (TPSA) is 96.9 Å². The zero-order chi connectivity index (χ0) is 26.2. The molecule has 3 aliphatic heterocycles. The minimum absolute atomic E-state index is 0.0243. The Morgan fingerprint density at radius 1 is 1.11 bits per heavy atom. The summed E-state index contributed by atoms with van der Waals surface area (Å²) in [5.41, 5.74) is 1.09. The largest absolute Gasteiger partial charge is 0.380 e. The SMILES string of the molecule is O=S(=O)(N[C@H]1CCN(c2cccnn2)C[C@H]1COC1CCC(c2cccc(F)c2)CC1)N1CC2(COC2)C1. The van der Waals surface area contributed by atoms with Gasteiger partial charge in [0.05, 0.1) is 25.9 Å². The lowest BCUT2D eigenvalue weighted by Gasteiger charge is -2.54. The van der Waals surface area contributed by atoms with Crippen LogP contribution in [0.3, 0.4) is 0 Å². The number of nitrogens with zero attached hydrogens (tertiary/aromatic N) is 4. The number of hydrogen-bond donors (Lipinski definition) is 1. The minimum atomic E-state index is -3.57.